The van der Waals surface area contributed by atoms with Crippen molar-refractivity contribution in [1.29, 1.82) is 0 Å². The highest BCUT2D eigenvalue weighted by atomic mass is 19.1. The van der Waals surface area contributed by atoms with Crippen LogP contribution in [0.25, 0.3) is 11.3 Å². The van der Waals surface area contributed by atoms with E-state index < -0.39 is 17.5 Å². The summed E-state index contributed by atoms with van der Waals surface area (Å²) in [6, 6.07) is 7.97. The van der Waals surface area contributed by atoms with Crippen LogP contribution in [0.1, 0.15) is 28.5 Å². The molecule has 1 aliphatic rings. The van der Waals surface area contributed by atoms with Crippen LogP contribution in [0, 0.1) is 11.6 Å². The second kappa shape index (κ2) is 6.79. The van der Waals surface area contributed by atoms with Crippen molar-refractivity contribution >= 4 is 5.91 Å². The van der Waals surface area contributed by atoms with Crippen LogP contribution in [0.3, 0.4) is 0 Å². The lowest BCUT2D eigenvalue weighted by Gasteiger charge is -2.12. The Hall–Kier alpha value is -3.29. The summed E-state index contributed by atoms with van der Waals surface area (Å²) in [6.07, 6.45) is 2.29. The monoisotopic (exact) mass is 370 g/mol. The van der Waals surface area contributed by atoms with Gasteiger partial charge in [0.2, 0.25) is 5.88 Å². The van der Waals surface area contributed by atoms with Gasteiger partial charge in [-0.15, -0.1) is 0 Å². The zero-order valence-corrected chi connectivity index (χ0v) is 14.4. The maximum atomic E-state index is 13.3. The van der Waals surface area contributed by atoms with E-state index >= 15 is 0 Å². The Bertz CT molecular complexity index is 998. The molecule has 8 heteroatoms. The summed E-state index contributed by atoms with van der Waals surface area (Å²) < 4.78 is 33.6. The number of pyridine rings is 1. The molecule has 0 saturated carbocycles. The van der Waals surface area contributed by atoms with Gasteiger partial charge in [-0.25, -0.2) is 13.8 Å². The number of hydrogen-bond donors (Lipinski definition) is 1. The summed E-state index contributed by atoms with van der Waals surface area (Å²) in [5, 5.41) is 7.38. The average Bonchev–Trinajstić information content (AvgIpc) is 3.23. The number of carbonyl (C=O) groups is 1. The zero-order valence-electron chi connectivity index (χ0n) is 14.4. The van der Waals surface area contributed by atoms with Crippen molar-refractivity contribution in [2.45, 2.75) is 19.0 Å². The largest absolute Gasteiger partial charge is 0.481 e. The summed E-state index contributed by atoms with van der Waals surface area (Å²) in [7, 11) is 1.54. The number of aryl methyl sites for hydroxylation is 1. The first-order valence-corrected chi connectivity index (χ1v) is 8.38. The standard InChI is InChI=1S/C19H16F2N4O2/c1-27-18-8-11(2-4-22-18)16-10-17-15(3-5-25(17)24-16)23-19(26)12-6-13(20)9-14(21)7-12/h2,4,6-10,15H,3,5H2,1H3,(H,23,26)/t15-/m0/s1. The third kappa shape index (κ3) is 3.38. The lowest BCUT2D eigenvalue weighted by atomic mass is 10.1. The Morgan fingerprint density at radius 1 is 1.22 bits per heavy atom. The first-order valence-electron chi connectivity index (χ1n) is 8.38. The van der Waals surface area contributed by atoms with Crippen molar-refractivity contribution in [1.82, 2.24) is 20.1 Å². The summed E-state index contributed by atoms with van der Waals surface area (Å²) in [4.78, 5) is 16.5. The van der Waals surface area contributed by atoms with Crippen molar-refractivity contribution in [2.24, 2.45) is 0 Å². The number of aromatic nitrogens is 3. The van der Waals surface area contributed by atoms with E-state index in [1.807, 2.05) is 16.8 Å². The minimum absolute atomic E-state index is 0.0513. The molecule has 4 rings (SSSR count). The van der Waals surface area contributed by atoms with Gasteiger partial charge < -0.3 is 10.1 Å². The van der Waals surface area contributed by atoms with Gasteiger partial charge in [0.15, 0.2) is 0 Å². The number of amides is 1. The molecule has 0 spiro atoms. The molecule has 138 valence electrons. The van der Waals surface area contributed by atoms with Crippen molar-refractivity contribution in [3.05, 3.63) is 65.5 Å². The molecule has 0 aliphatic carbocycles. The molecule has 0 saturated heterocycles. The van der Waals surface area contributed by atoms with Gasteiger partial charge in [0.1, 0.15) is 11.6 Å². The van der Waals surface area contributed by atoms with Crippen molar-refractivity contribution in [2.75, 3.05) is 7.11 Å². The van der Waals surface area contributed by atoms with Crippen LogP contribution in [0.5, 0.6) is 5.88 Å². The van der Waals surface area contributed by atoms with E-state index in [1.165, 1.54) is 0 Å². The van der Waals surface area contributed by atoms with E-state index in [2.05, 4.69) is 15.4 Å². The topological polar surface area (TPSA) is 69.0 Å². The van der Waals surface area contributed by atoms with Gasteiger partial charge in [-0.2, -0.15) is 5.10 Å². The Labute approximate surface area is 153 Å². The summed E-state index contributed by atoms with van der Waals surface area (Å²) >= 11 is 0. The number of rotatable bonds is 4. The van der Waals surface area contributed by atoms with Gasteiger partial charge in [-0.1, -0.05) is 0 Å². The molecule has 3 aromatic rings. The fraction of sp³-hybridized carbons (Fsp3) is 0.211. The highest BCUT2D eigenvalue weighted by Crippen LogP contribution is 2.30. The van der Waals surface area contributed by atoms with E-state index in [4.69, 9.17) is 4.74 Å². The molecule has 1 aliphatic heterocycles. The van der Waals surface area contributed by atoms with Crippen LogP contribution in [-0.4, -0.2) is 27.8 Å². The van der Waals surface area contributed by atoms with E-state index in [-0.39, 0.29) is 11.6 Å². The fourth-order valence-corrected chi connectivity index (χ4v) is 3.18. The van der Waals surface area contributed by atoms with E-state index in [9.17, 15) is 13.6 Å². The fourth-order valence-electron chi connectivity index (χ4n) is 3.18. The third-order valence-corrected chi connectivity index (χ3v) is 4.47. The van der Waals surface area contributed by atoms with Crippen molar-refractivity contribution in [3.8, 4) is 17.1 Å². The van der Waals surface area contributed by atoms with Gasteiger partial charge in [-0.3, -0.25) is 9.48 Å². The Kier molecular flexibility index (Phi) is 4.31. The number of fused-ring (bicyclic) bond motifs is 1. The lowest BCUT2D eigenvalue weighted by molar-refractivity contribution is 0.0935. The summed E-state index contributed by atoms with van der Waals surface area (Å²) in [5.74, 6) is -1.62. The summed E-state index contributed by atoms with van der Waals surface area (Å²) in [5.41, 5.74) is 2.37. The highest BCUT2D eigenvalue weighted by Gasteiger charge is 2.27. The number of hydrogen-bond acceptors (Lipinski definition) is 4. The molecule has 0 fully saturated rings. The number of ether oxygens (including phenoxy) is 1. The molecule has 27 heavy (non-hydrogen) atoms. The number of benzene rings is 1. The minimum atomic E-state index is -0.787. The normalized spacial score (nSPS) is 15.4. The van der Waals surface area contributed by atoms with Crippen LogP contribution >= 0.6 is 0 Å². The number of methoxy groups -OCH3 is 1. The average molecular weight is 370 g/mol. The second-order valence-corrected chi connectivity index (χ2v) is 6.24. The number of carbonyl (C=O) groups excluding carboxylic acids is 1. The minimum Gasteiger partial charge on any atom is -0.481 e. The van der Waals surface area contributed by atoms with E-state index in [0.717, 1.165) is 35.2 Å². The lowest BCUT2D eigenvalue weighted by Crippen LogP contribution is -2.27. The molecule has 0 bridgehead atoms. The highest BCUT2D eigenvalue weighted by molar-refractivity contribution is 5.94. The molecule has 6 nitrogen and oxygen atoms in total. The molecule has 1 atom stereocenters. The summed E-state index contributed by atoms with van der Waals surface area (Å²) in [6.45, 7) is 0.639. The molecule has 0 radical (unpaired) electrons. The Morgan fingerprint density at radius 2 is 2.00 bits per heavy atom. The van der Waals surface area contributed by atoms with Gasteiger partial charge in [-0.05, 0) is 30.7 Å². The Balaban J connectivity index is 1.56. The van der Waals surface area contributed by atoms with Crippen LogP contribution < -0.4 is 10.1 Å². The van der Waals surface area contributed by atoms with E-state index in [1.54, 1.807) is 19.4 Å². The third-order valence-electron chi connectivity index (χ3n) is 4.47. The molecular weight excluding hydrogens is 354 g/mol. The first kappa shape index (κ1) is 17.1. The van der Waals surface area contributed by atoms with Gasteiger partial charge in [0.05, 0.1) is 24.5 Å². The van der Waals surface area contributed by atoms with Crippen LogP contribution in [0.4, 0.5) is 8.78 Å². The molecule has 1 aromatic carbocycles. The number of nitrogens with one attached hydrogen (secondary N) is 1. The van der Waals surface area contributed by atoms with Gasteiger partial charge >= 0.3 is 0 Å². The van der Waals surface area contributed by atoms with Gasteiger partial charge in [0, 0.05) is 36.0 Å². The van der Waals surface area contributed by atoms with E-state index in [0.29, 0.717) is 18.8 Å². The van der Waals surface area contributed by atoms with Crippen LogP contribution in [0.15, 0.2) is 42.6 Å². The maximum absolute atomic E-state index is 13.3. The predicted molar refractivity (Wildman–Crippen MR) is 93.2 cm³/mol. The smallest absolute Gasteiger partial charge is 0.252 e. The maximum Gasteiger partial charge on any atom is 0.252 e. The second-order valence-electron chi connectivity index (χ2n) is 6.24. The molecule has 1 N–H and O–H groups in total. The van der Waals surface area contributed by atoms with Crippen molar-refractivity contribution < 1.29 is 18.3 Å². The number of nitrogens with zero attached hydrogens (tertiary/aromatic N) is 3. The van der Waals surface area contributed by atoms with Crippen LogP contribution in [0.2, 0.25) is 0 Å². The molecule has 2 aromatic heterocycles. The Morgan fingerprint density at radius 3 is 2.74 bits per heavy atom. The quantitative estimate of drug-likeness (QED) is 0.766. The SMILES string of the molecule is COc1cc(-c2cc3n(n2)CC[C@@H]3NC(=O)c2cc(F)cc(F)c2)ccn1. The molecule has 1 amide bonds. The predicted octanol–water partition coefficient (Wildman–Crippen LogP) is 3.11. The van der Waals surface area contributed by atoms with Crippen molar-refractivity contribution in [3.63, 3.8) is 0 Å². The molecular formula is C19H16F2N4O2. The zero-order chi connectivity index (χ0) is 19.0. The number of halogens is 2. The molecule has 3 heterocycles. The van der Waals surface area contributed by atoms with Crippen LogP contribution in [-0.2, 0) is 6.54 Å². The first-order chi connectivity index (χ1) is 13.0. The van der Waals surface area contributed by atoms with Gasteiger partial charge in [0.25, 0.3) is 5.91 Å². The molecule has 0 unspecified atom stereocenters.